The Bertz CT molecular complexity index is 1460. The first-order valence-corrected chi connectivity index (χ1v) is 12.8. The molecule has 180 valence electrons. The number of benzene rings is 3. The lowest BCUT2D eigenvalue weighted by Gasteiger charge is -2.11. The summed E-state index contributed by atoms with van der Waals surface area (Å²) in [6.45, 7) is 2.28. The van der Waals surface area contributed by atoms with Crippen molar-refractivity contribution in [2.75, 3.05) is 23.4 Å². The van der Waals surface area contributed by atoms with E-state index in [9.17, 15) is 13.2 Å². The molecule has 0 radical (unpaired) electrons. The standard InChI is InChI=1S/C26H26N4O4S/c1-18-12-13-21(15-24(18)29-35(3,32)33)27-26(31)23-17-30(16-19-8-5-4-6-9-19)28-25(23)20-10-7-11-22(14-20)34-2/h4-15,17,29H,16H2,1-3H3,(H,27,31). The highest BCUT2D eigenvalue weighted by molar-refractivity contribution is 7.92. The van der Waals surface area contributed by atoms with Gasteiger partial charge in [-0.25, -0.2) is 8.42 Å². The average Bonchev–Trinajstić information content (AvgIpc) is 3.25. The summed E-state index contributed by atoms with van der Waals surface area (Å²) in [4.78, 5) is 13.4. The summed E-state index contributed by atoms with van der Waals surface area (Å²) in [7, 11) is -1.88. The third-order valence-corrected chi connectivity index (χ3v) is 5.92. The lowest BCUT2D eigenvalue weighted by Crippen LogP contribution is -2.14. The van der Waals surface area contributed by atoms with Crippen LogP contribution in [0.1, 0.15) is 21.5 Å². The summed E-state index contributed by atoms with van der Waals surface area (Å²) in [5.41, 5.74) is 4.28. The van der Waals surface area contributed by atoms with E-state index in [4.69, 9.17) is 9.84 Å². The van der Waals surface area contributed by atoms with Crippen molar-refractivity contribution in [1.29, 1.82) is 0 Å². The fourth-order valence-corrected chi connectivity index (χ4v) is 4.25. The Morgan fingerprint density at radius 2 is 1.80 bits per heavy atom. The van der Waals surface area contributed by atoms with Gasteiger partial charge in [0.05, 0.1) is 31.2 Å². The van der Waals surface area contributed by atoms with E-state index in [0.717, 1.165) is 22.9 Å². The summed E-state index contributed by atoms with van der Waals surface area (Å²) in [5, 5.41) is 7.57. The zero-order valence-corrected chi connectivity index (χ0v) is 20.5. The van der Waals surface area contributed by atoms with Crippen LogP contribution in [0.3, 0.4) is 0 Å². The quantitative estimate of drug-likeness (QED) is 0.378. The van der Waals surface area contributed by atoms with Crippen LogP contribution in [0.15, 0.2) is 79.0 Å². The number of ether oxygens (including phenoxy) is 1. The first-order chi connectivity index (χ1) is 16.7. The minimum absolute atomic E-state index is 0.365. The number of hydrogen-bond donors (Lipinski definition) is 2. The van der Waals surface area contributed by atoms with E-state index in [0.29, 0.717) is 34.9 Å². The molecular weight excluding hydrogens is 464 g/mol. The molecule has 1 aromatic heterocycles. The third-order valence-electron chi connectivity index (χ3n) is 5.33. The molecule has 35 heavy (non-hydrogen) atoms. The normalized spacial score (nSPS) is 11.2. The van der Waals surface area contributed by atoms with Gasteiger partial charge in [0.1, 0.15) is 11.4 Å². The molecule has 1 heterocycles. The molecule has 0 atom stereocenters. The molecule has 1 amide bonds. The molecule has 0 aliphatic heterocycles. The Kier molecular flexibility index (Phi) is 6.88. The van der Waals surface area contributed by atoms with Crippen LogP contribution in [0, 0.1) is 6.92 Å². The second-order valence-corrected chi connectivity index (χ2v) is 9.91. The van der Waals surface area contributed by atoms with Crippen LogP contribution < -0.4 is 14.8 Å². The molecule has 2 N–H and O–H groups in total. The van der Waals surface area contributed by atoms with Crippen molar-refractivity contribution in [2.24, 2.45) is 0 Å². The van der Waals surface area contributed by atoms with E-state index < -0.39 is 10.0 Å². The maximum atomic E-state index is 13.4. The van der Waals surface area contributed by atoms with Gasteiger partial charge in [0.15, 0.2) is 0 Å². The third kappa shape index (κ3) is 6.07. The predicted octanol–water partition coefficient (Wildman–Crippen LogP) is 4.54. The average molecular weight is 491 g/mol. The number of carbonyl (C=O) groups is 1. The lowest BCUT2D eigenvalue weighted by atomic mass is 10.1. The number of aromatic nitrogens is 2. The van der Waals surface area contributed by atoms with Gasteiger partial charge in [-0.2, -0.15) is 5.10 Å². The van der Waals surface area contributed by atoms with Gasteiger partial charge in [-0.15, -0.1) is 0 Å². The highest BCUT2D eigenvalue weighted by Gasteiger charge is 2.19. The number of sulfonamides is 1. The van der Waals surface area contributed by atoms with Crippen LogP contribution in [0.5, 0.6) is 5.75 Å². The largest absolute Gasteiger partial charge is 0.497 e. The molecule has 0 saturated carbocycles. The van der Waals surface area contributed by atoms with Gasteiger partial charge in [0, 0.05) is 17.4 Å². The number of anilines is 2. The molecule has 4 rings (SSSR count). The molecule has 0 aliphatic rings. The van der Waals surface area contributed by atoms with Gasteiger partial charge in [-0.3, -0.25) is 14.2 Å². The van der Waals surface area contributed by atoms with Crippen molar-refractivity contribution in [3.63, 3.8) is 0 Å². The monoisotopic (exact) mass is 490 g/mol. The second kappa shape index (κ2) is 10.0. The summed E-state index contributed by atoms with van der Waals surface area (Å²) in [6, 6.07) is 22.3. The van der Waals surface area contributed by atoms with Crippen LogP contribution in [0.2, 0.25) is 0 Å². The molecule has 3 aromatic carbocycles. The number of hydrogen-bond acceptors (Lipinski definition) is 5. The fourth-order valence-electron chi connectivity index (χ4n) is 3.63. The maximum absolute atomic E-state index is 13.4. The van der Waals surface area contributed by atoms with E-state index >= 15 is 0 Å². The Balaban J connectivity index is 1.69. The summed E-state index contributed by atoms with van der Waals surface area (Å²) in [6.07, 6.45) is 2.79. The minimum Gasteiger partial charge on any atom is -0.497 e. The molecule has 0 spiro atoms. The Labute approximate surface area is 204 Å². The Morgan fingerprint density at radius 1 is 1.03 bits per heavy atom. The van der Waals surface area contributed by atoms with Gasteiger partial charge in [0.2, 0.25) is 10.0 Å². The first-order valence-electron chi connectivity index (χ1n) is 10.9. The SMILES string of the molecule is COc1cccc(-c2nn(Cc3ccccc3)cc2C(=O)Nc2ccc(C)c(NS(C)(=O)=O)c2)c1. The molecule has 0 saturated heterocycles. The van der Waals surface area contributed by atoms with Crippen molar-refractivity contribution >= 4 is 27.3 Å². The first kappa shape index (κ1) is 24.0. The molecule has 0 unspecified atom stereocenters. The van der Waals surface area contributed by atoms with Crippen LogP contribution in [-0.4, -0.2) is 37.5 Å². The van der Waals surface area contributed by atoms with Gasteiger partial charge in [-0.1, -0.05) is 48.5 Å². The fraction of sp³-hybridized carbons (Fsp3) is 0.154. The summed E-state index contributed by atoms with van der Waals surface area (Å²) in [5.74, 6) is 0.290. The number of aryl methyl sites for hydroxylation is 1. The van der Waals surface area contributed by atoms with E-state index in [1.165, 1.54) is 0 Å². The number of nitrogens with one attached hydrogen (secondary N) is 2. The number of nitrogens with zero attached hydrogens (tertiary/aromatic N) is 2. The lowest BCUT2D eigenvalue weighted by molar-refractivity contribution is 0.102. The van der Waals surface area contributed by atoms with Gasteiger partial charge >= 0.3 is 0 Å². The number of rotatable bonds is 8. The molecule has 0 bridgehead atoms. The zero-order chi connectivity index (χ0) is 25.0. The van der Waals surface area contributed by atoms with Crippen molar-refractivity contribution in [1.82, 2.24) is 9.78 Å². The Morgan fingerprint density at radius 3 is 2.51 bits per heavy atom. The number of carbonyl (C=O) groups excluding carboxylic acids is 1. The molecule has 0 fully saturated rings. The van der Waals surface area contributed by atoms with Gasteiger partial charge in [-0.05, 0) is 42.3 Å². The molecule has 9 heteroatoms. The van der Waals surface area contributed by atoms with E-state index in [2.05, 4.69) is 10.0 Å². The van der Waals surface area contributed by atoms with Crippen molar-refractivity contribution in [2.45, 2.75) is 13.5 Å². The molecule has 0 aliphatic carbocycles. The summed E-state index contributed by atoms with van der Waals surface area (Å²) >= 11 is 0. The predicted molar refractivity (Wildman–Crippen MR) is 137 cm³/mol. The zero-order valence-electron chi connectivity index (χ0n) is 19.6. The van der Waals surface area contributed by atoms with Gasteiger partial charge in [0.25, 0.3) is 5.91 Å². The summed E-state index contributed by atoms with van der Waals surface area (Å²) < 4.78 is 32.9. The van der Waals surface area contributed by atoms with Crippen molar-refractivity contribution < 1.29 is 17.9 Å². The number of methoxy groups -OCH3 is 1. The Hall–Kier alpha value is -4.11. The van der Waals surface area contributed by atoms with Crippen LogP contribution >= 0.6 is 0 Å². The number of amides is 1. The second-order valence-electron chi connectivity index (χ2n) is 8.16. The van der Waals surface area contributed by atoms with E-state index in [1.54, 1.807) is 43.1 Å². The van der Waals surface area contributed by atoms with Crippen molar-refractivity contribution in [3.8, 4) is 17.0 Å². The minimum atomic E-state index is -3.46. The molecule has 4 aromatic rings. The molecular formula is C26H26N4O4S. The van der Waals surface area contributed by atoms with E-state index in [-0.39, 0.29) is 5.91 Å². The highest BCUT2D eigenvalue weighted by Crippen LogP contribution is 2.28. The maximum Gasteiger partial charge on any atom is 0.259 e. The topological polar surface area (TPSA) is 102 Å². The molecule has 8 nitrogen and oxygen atoms in total. The smallest absolute Gasteiger partial charge is 0.259 e. The van der Waals surface area contributed by atoms with Gasteiger partial charge < -0.3 is 10.1 Å². The van der Waals surface area contributed by atoms with Crippen LogP contribution in [0.25, 0.3) is 11.3 Å². The van der Waals surface area contributed by atoms with E-state index in [1.807, 2.05) is 54.6 Å². The van der Waals surface area contributed by atoms with Crippen LogP contribution in [0.4, 0.5) is 11.4 Å². The van der Waals surface area contributed by atoms with Crippen LogP contribution in [-0.2, 0) is 16.6 Å². The highest BCUT2D eigenvalue weighted by atomic mass is 32.2. The van der Waals surface area contributed by atoms with Crippen molar-refractivity contribution in [3.05, 3.63) is 95.7 Å².